The van der Waals surface area contributed by atoms with E-state index in [2.05, 4.69) is 28.9 Å². The molecule has 1 aromatic heterocycles. The fourth-order valence-electron chi connectivity index (χ4n) is 2.34. The lowest BCUT2D eigenvalue weighted by atomic mass is 10.0. The van der Waals surface area contributed by atoms with Gasteiger partial charge in [0, 0.05) is 17.0 Å². The highest BCUT2D eigenvalue weighted by atomic mass is 32.1. The van der Waals surface area contributed by atoms with Gasteiger partial charge in [0.25, 0.3) is 0 Å². The normalized spacial score (nSPS) is 12.2. The van der Waals surface area contributed by atoms with Crippen molar-refractivity contribution in [1.29, 1.82) is 0 Å². The number of hydrogen-bond acceptors (Lipinski definition) is 2. The second-order valence-corrected chi connectivity index (χ2v) is 5.81. The first-order chi connectivity index (χ1) is 10.3. The molecule has 0 amide bonds. The summed E-state index contributed by atoms with van der Waals surface area (Å²) in [4.78, 5) is 1.23. The number of nitrogens with one attached hydrogen (secondary N) is 1. The first-order valence-corrected chi connectivity index (χ1v) is 7.77. The molecule has 1 atom stereocenters. The van der Waals surface area contributed by atoms with E-state index in [1.807, 2.05) is 36.4 Å². The standard InChI is InChI=1S/C18H16FNS/c19-16-10-5-4-9-15(16)13-20-18(17-11-6-12-21-17)14-7-2-1-3-8-14/h1-12,18,20H,13H2. The van der Waals surface area contributed by atoms with Crippen LogP contribution in [-0.2, 0) is 6.54 Å². The fourth-order valence-corrected chi connectivity index (χ4v) is 3.16. The maximum atomic E-state index is 13.7. The van der Waals surface area contributed by atoms with Gasteiger partial charge >= 0.3 is 0 Å². The van der Waals surface area contributed by atoms with Gasteiger partial charge in [-0.25, -0.2) is 4.39 Å². The average Bonchev–Trinajstić information content (AvgIpc) is 3.04. The van der Waals surface area contributed by atoms with Crippen LogP contribution in [-0.4, -0.2) is 0 Å². The first kappa shape index (κ1) is 14.0. The van der Waals surface area contributed by atoms with Gasteiger partial charge in [-0.3, -0.25) is 0 Å². The summed E-state index contributed by atoms with van der Waals surface area (Å²) < 4.78 is 13.7. The first-order valence-electron chi connectivity index (χ1n) is 6.90. The molecule has 106 valence electrons. The minimum Gasteiger partial charge on any atom is -0.301 e. The molecule has 0 saturated carbocycles. The summed E-state index contributed by atoms with van der Waals surface area (Å²) in [5, 5.41) is 5.53. The molecule has 0 aliphatic heterocycles. The van der Waals surface area contributed by atoms with Gasteiger partial charge in [-0.15, -0.1) is 11.3 Å². The third kappa shape index (κ3) is 3.38. The van der Waals surface area contributed by atoms with E-state index in [4.69, 9.17) is 0 Å². The zero-order valence-corrected chi connectivity index (χ0v) is 12.3. The van der Waals surface area contributed by atoms with E-state index in [1.165, 1.54) is 16.5 Å². The van der Waals surface area contributed by atoms with E-state index in [1.54, 1.807) is 17.4 Å². The Labute approximate surface area is 128 Å². The lowest BCUT2D eigenvalue weighted by Gasteiger charge is -2.18. The molecule has 3 rings (SSSR count). The van der Waals surface area contributed by atoms with Crippen LogP contribution in [0.5, 0.6) is 0 Å². The largest absolute Gasteiger partial charge is 0.301 e. The van der Waals surface area contributed by atoms with E-state index >= 15 is 0 Å². The molecule has 0 radical (unpaired) electrons. The summed E-state index contributed by atoms with van der Waals surface area (Å²) in [6, 6.07) is 21.4. The van der Waals surface area contributed by atoms with Crippen molar-refractivity contribution >= 4 is 11.3 Å². The van der Waals surface area contributed by atoms with Gasteiger partial charge in [-0.2, -0.15) is 0 Å². The number of thiophene rings is 1. The second-order valence-electron chi connectivity index (χ2n) is 4.83. The number of benzene rings is 2. The zero-order chi connectivity index (χ0) is 14.5. The van der Waals surface area contributed by atoms with Crippen molar-refractivity contribution in [2.75, 3.05) is 0 Å². The van der Waals surface area contributed by atoms with E-state index in [0.717, 1.165) is 0 Å². The predicted octanol–water partition coefficient (Wildman–Crippen LogP) is 4.77. The quantitative estimate of drug-likeness (QED) is 0.715. The summed E-state index contributed by atoms with van der Waals surface area (Å²) in [5.74, 6) is -0.164. The predicted molar refractivity (Wildman–Crippen MR) is 85.8 cm³/mol. The van der Waals surface area contributed by atoms with Gasteiger partial charge in [0.15, 0.2) is 0 Å². The van der Waals surface area contributed by atoms with Gasteiger partial charge in [-0.1, -0.05) is 54.6 Å². The molecule has 1 nitrogen and oxygen atoms in total. The van der Waals surface area contributed by atoms with Crippen LogP contribution in [0.15, 0.2) is 72.1 Å². The third-order valence-electron chi connectivity index (χ3n) is 3.42. The highest BCUT2D eigenvalue weighted by molar-refractivity contribution is 7.10. The summed E-state index contributed by atoms with van der Waals surface area (Å²) in [5.41, 5.74) is 1.88. The van der Waals surface area contributed by atoms with Crippen molar-refractivity contribution in [3.05, 3.63) is 93.9 Å². The molecule has 1 heterocycles. The maximum absolute atomic E-state index is 13.7. The van der Waals surface area contributed by atoms with Gasteiger partial charge in [-0.05, 0) is 23.1 Å². The van der Waals surface area contributed by atoms with E-state index in [-0.39, 0.29) is 11.9 Å². The SMILES string of the molecule is Fc1ccccc1CNC(c1ccccc1)c1cccs1. The number of hydrogen-bond donors (Lipinski definition) is 1. The molecule has 0 bridgehead atoms. The van der Waals surface area contributed by atoms with Crippen LogP contribution in [0.2, 0.25) is 0 Å². The summed E-state index contributed by atoms with van der Waals surface area (Å²) >= 11 is 1.71. The second kappa shape index (κ2) is 6.66. The van der Waals surface area contributed by atoms with Crippen molar-refractivity contribution in [3.63, 3.8) is 0 Å². The van der Waals surface area contributed by atoms with E-state index < -0.39 is 0 Å². The Bertz CT molecular complexity index is 679. The minimum atomic E-state index is -0.164. The summed E-state index contributed by atoms with van der Waals surface area (Å²) in [6.07, 6.45) is 0. The van der Waals surface area contributed by atoms with Crippen LogP contribution >= 0.6 is 11.3 Å². The molecule has 0 spiro atoms. The monoisotopic (exact) mass is 297 g/mol. The van der Waals surface area contributed by atoms with Crippen LogP contribution in [0, 0.1) is 5.82 Å². The van der Waals surface area contributed by atoms with Gasteiger partial charge < -0.3 is 5.32 Å². The molecule has 1 N–H and O–H groups in total. The third-order valence-corrected chi connectivity index (χ3v) is 4.35. The fraction of sp³-hybridized carbons (Fsp3) is 0.111. The molecule has 0 aliphatic rings. The average molecular weight is 297 g/mol. The topological polar surface area (TPSA) is 12.0 Å². The van der Waals surface area contributed by atoms with Crippen molar-refractivity contribution in [3.8, 4) is 0 Å². The Morgan fingerprint density at radius 2 is 1.67 bits per heavy atom. The Morgan fingerprint density at radius 3 is 2.38 bits per heavy atom. The summed E-state index contributed by atoms with van der Waals surface area (Å²) in [6.45, 7) is 0.504. The molecule has 0 aliphatic carbocycles. The number of rotatable bonds is 5. The molecule has 1 unspecified atom stereocenters. The lowest BCUT2D eigenvalue weighted by molar-refractivity contribution is 0.565. The number of halogens is 1. The van der Waals surface area contributed by atoms with Gasteiger partial charge in [0.05, 0.1) is 6.04 Å². The molecular weight excluding hydrogens is 281 g/mol. The van der Waals surface area contributed by atoms with Crippen molar-refractivity contribution in [1.82, 2.24) is 5.32 Å². The lowest BCUT2D eigenvalue weighted by Crippen LogP contribution is -2.21. The molecule has 21 heavy (non-hydrogen) atoms. The molecule has 0 saturated heterocycles. The summed E-state index contributed by atoms with van der Waals surface area (Å²) in [7, 11) is 0. The van der Waals surface area contributed by atoms with Crippen LogP contribution in [0.4, 0.5) is 4.39 Å². The van der Waals surface area contributed by atoms with Crippen molar-refractivity contribution < 1.29 is 4.39 Å². The Hall–Kier alpha value is -1.97. The molecular formula is C18H16FNS. The van der Waals surface area contributed by atoms with E-state index in [0.29, 0.717) is 12.1 Å². The van der Waals surface area contributed by atoms with Crippen LogP contribution < -0.4 is 5.32 Å². The van der Waals surface area contributed by atoms with Gasteiger partial charge in [0.1, 0.15) is 5.82 Å². The van der Waals surface area contributed by atoms with Crippen molar-refractivity contribution in [2.45, 2.75) is 12.6 Å². The Kier molecular flexibility index (Phi) is 4.43. The van der Waals surface area contributed by atoms with Crippen molar-refractivity contribution in [2.24, 2.45) is 0 Å². The minimum absolute atomic E-state index is 0.0887. The highest BCUT2D eigenvalue weighted by Gasteiger charge is 2.14. The molecule has 2 aromatic carbocycles. The van der Waals surface area contributed by atoms with Crippen LogP contribution in [0.1, 0.15) is 22.0 Å². The van der Waals surface area contributed by atoms with Crippen LogP contribution in [0.3, 0.4) is 0 Å². The van der Waals surface area contributed by atoms with E-state index in [9.17, 15) is 4.39 Å². The molecule has 3 heteroatoms. The molecule has 3 aromatic rings. The Balaban J connectivity index is 1.82. The van der Waals surface area contributed by atoms with Gasteiger partial charge in [0.2, 0.25) is 0 Å². The maximum Gasteiger partial charge on any atom is 0.127 e. The molecule has 0 fully saturated rings. The van der Waals surface area contributed by atoms with Crippen LogP contribution in [0.25, 0.3) is 0 Å². The smallest absolute Gasteiger partial charge is 0.127 e. The zero-order valence-electron chi connectivity index (χ0n) is 11.5. The highest BCUT2D eigenvalue weighted by Crippen LogP contribution is 2.26. The Morgan fingerprint density at radius 1 is 0.905 bits per heavy atom.